The maximum atomic E-state index is 14.0. The van der Waals surface area contributed by atoms with Gasteiger partial charge in [0.05, 0.1) is 18.7 Å². The second-order valence-corrected chi connectivity index (χ2v) is 3.90. The molecule has 0 aliphatic carbocycles. The summed E-state index contributed by atoms with van der Waals surface area (Å²) >= 11 is 0. The SMILES string of the molecule is N#CCCN(c1ccccc1)c1nc(NN)ncc1F. The number of nitriles is 1. The number of nitrogens with two attached hydrogens (primary N) is 1. The number of nitrogens with zero attached hydrogens (tertiary/aromatic N) is 4. The average Bonchev–Trinajstić information content (AvgIpc) is 2.50. The summed E-state index contributed by atoms with van der Waals surface area (Å²) < 4.78 is 14.0. The fourth-order valence-corrected chi connectivity index (χ4v) is 1.74. The first-order chi connectivity index (χ1) is 9.76. The van der Waals surface area contributed by atoms with Gasteiger partial charge in [-0.15, -0.1) is 0 Å². The van der Waals surface area contributed by atoms with E-state index in [1.165, 1.54) is 0 Å². The summed E-state index contributed by atoms with van der Waals surface area (Å²) in [5, 5.41) is 8.74. The van der Waals surface area contributed by atoms with Gasteiger partial charge >= 0.3 is 0 Å². The molecule has 0 unspecified atom stereocenters. The van der Waals surface area contributed by atoms with Crippen molar-refractivity contribution in [3.8, 4) is 6.07 Å². The van der Waals surface area contributed by atoms with E-state index in [1.807, 2.05) is 36.4 Å². The molecule has 0 bridgehead atoms. The van der Waals surface area contributed by atoms with E-state index in [0.717, 1.165) is 11.9 Å². The van der Waals surface area contributed by atoms with E-state index in [9.17, 15) is 4.39 Å². The summed E-state index contributed by atoms with van der Waals surface area (Å²) in [5.74, 6) is 4.85. The van der Waals surface area contributed by atoms with E-state index in [0.29, 0.717) is 6.54 Å². The lowest BCUT2D eigenvalue weighted by atomic mass is 10.2. The van der Waals surface area contributed by atoms with Crippen molar-refractivity contribution in [3.63, 3.8) is 0 Å². The topological polar surface area (TPSA) is 90.9 Å². The van der Waals surface area contributed by atoms with Gasteiger partial charge in [0.1, 0.15) is 0 Å². The minimum Gasteiger partial charge on any atom is -0.323 e. The Balaban J connectivity index is 2.44. The lowest BCUT2D eigenvalue weighted by molar-refractivity contribution is 0.611. The van der Waals surface area contributed by atoms with Crippen molar-refractivity contribution >= 4 is 17.5 Å². The maximum absolute atomic E-state index is 14.0. The van der Waals surface area contributed by atoms with Crippen molar-refractivity contribution in [1.29, 1.82) is 5.26 Å². The van der Waals surface area contributed by atoms with Crippen LogP contribution in [0.2, 0.25) is 0 Å². The third-order valence-electron chi connectivity index (χ3n) is 2.63. The number of hydrogen-bond acceptors (Lipinski definition) is 6. The Kier molecular flexibility index (Phi) is 4.42. The molecule has 2 rings (SSSR count). The summed E-state index contributed by atoms with van der Waals surface area (Å²) in [5.41, 5.74) is 3.02. The molecule has 102 valence electrons. The van der Waals surface area contributed by atoms with Crippen molar-refractivity contribution < 1.29 is 4.39 Å². The van der Waals surface area contributed by atoms with E-state index in [2.05, 4.69) is 15.4 Å². The van der Waals surface area contributed by atoms with Crippen LogP contribution in [0.1, 0.15) is 6.42 Å². The monoisotopic (exact) mass is 272 g/mol. The number of hydrogen-bond donors (Lipinski definition) is 2. The van der Waals surface area contributed by atoms with Crippen molar-refractivity contribution in [1.82, 2.24) is 9.97 Å². The third kappa shape index (κ3) is 2.99. The summed E-state index contributed by atoms with van der Waals surface area (Å²) in [4.78, 5) is 9.33. The lowest BCUT2D eigenvalue weighted by Gasteiger charge is -2.23. The van der Waals surface area contributed by atoms with Crippen LogP contribution in [0.3, 0.4) is 0 Å². The highest BCUT2D eigenvalue weighted by Crippen LogP contribution is 2.26. The molecule has 20 heavy (non-hydrogen) atoms. The molecule has 0 radical (unpaired) electrons. The number of halogens is 1. The highest BCUT2D eigenvalue weighted by Gasteiger charge is 2.16. The summed E-state index contributed by atoms with van der Waals surface area (Å²) in [6, 6.07) is 11.2. The smallest absolute Gasteiger partial charge is 0.239 e. The molecule has 3 N–H and O–H groups in total. The summed E-state index contributed by atoms with van der Waals surface area (Å²) in [6.45, 7) is 0.318. The van der Waals surface area contributed by atoms with Gasteiger partial charge in [0.25, 0.3) is 0 Å². The van der Waals surface area contributed by atoms with Crippen LogP contribution in [-0.4, -0.2) is 16.5 Å². The van der Waals surface area contributed by atoms with E-state index in [1.54, 1.807) is 4.90 Å². The van der Waals surface area contributed by atoms with Gasteiger partial charge < -0.3 is 4.90 Å². The highest BCUT2D eigenvalue weighted by atomic mass is 19.1. The quantitative estimate of drug-likeness (QED) is 0.638. The van der Waals surface area contributed by atoms with Crippen LogP contribution in [0, 0.1) is 17.1 Å². The lowest BCUT2D eigenvalue weighted by Crippen LogP contribution is -2.22. The van der Waals surface area contributed by atoms with Gasteiger partial charge in [0.15, 0.2) is 11.6 Å². The van der Waals surface area contributed by atoms with Gasteiger partial charge in [-0.1, -0.05) is 18.2 Å². The molecule has 1 aromatic carbocycles. The molecule has 0 saturated carbocycles. The Labute approximate surface area is 115 Å². The number of benzene rings is 1. The van der Waals surface area contributed by atoms with Crippen molar-refractivity contribution in [2.75, 3.05) is 16.9 Å². The fourth-order valence-electron chi connectivity index (χ4n) is 1.74. The molecule has 0 aliphatic rings. The molecule has 0 atom stereocenters. The molecule has 0 fully saturated rings. The molecule has 0 spiro atoms. The van der Waals surface area contributed by atoms with Gasteiger partial charge in [0, 0.05) is 12.2 Å². The van der Waals surface area contributed by atoms with Gasteiger partial charge in [-0.25, -0.2) is 15.2 Å². The predicted molar refractivity (Wildman–Crippen MR) is 73.5 cm³/mol. The van der Waals surface area contributed by atoms with Crippen molar-refractivity contribution in [3.05, 3.63) is 42.3 Å². The molecule has 6 nitrogen and oxygen atoms in total. The van der Waals surface area contributed by atoms with Crippen LogP contribution in [0.5, 0.6) is 0 Å². The molecule has 2 aromatic rings. The minimum atomic E-state index is -0.578. The van der Waals surface area contributed by atoms with Gasteiger partial charge in [-0.05, 0) is 12.1 Å². The Morgan fingerprint density at radius 1 is 1.35 bits per heavy atom. The average molecular weight is 272 g/mol. The number of hydrazine groups is 1. The van der Waals surface area contributed by atoms with E-state index >= 15 is 0 Å². The molecule has 0 aliphatic heterocycles. The zero-order valence-electron chi connectivity index (χ0n) is 10.6. The molecule has 0 saturated heterocycles. The number of anilines is 3. The van der Waals surface area contributed by atoms with Crippen molar-refractivity contribution in [2.45, 2.75) is 6.42 Å². The molecular weight excluding hydrogens is 259 g/mol. The maximum Gasteiger partial charge on any atom is 0.239 e. The first-order valence-corrected chi connectivity index (χ1v) is 5.95. The Hall–Kier alpha value is -2.72. The number of para-hydroxylation sites is 1. The Morgan fingerprint density at radius 2 is 2.10 bits per heavy atom. The van der Waals surface area contributed by atoms with Crippen molar-refractivity contribution in [2.24, 2.45) is 5.84 Å². The van der Waals surface area contributed by atoms with E-state index in [4.69, 9.17) is 11.1 Å². The fraction of sp³-hybridized carbons (Fsp3) is 0.154. The Bertz CT molecular complexity index is 610. The first-order valence-electron chi connectivity index (χ1n) is 5.95. The molecule has 1 heterocycles. The summed E-state index contributed by atoms with van der Waals surface area (Å²) in [6.07, 6.45) is 1.28. The zero-order chi connectivity index (χ0) is 14.4. The number of nitrogens with one attached hydrogen (secondary N) is 1. The van der Waals surface area contributed by atoms with Gasteiger partial charge in [0.2, 0.25) is 5.95 Å². The molecule has 0 amide bonds. The van der Waals surface area contributed by atoms with Gasteiger partial charge in [-0.2, -0.15) is 10.2 Å². The van der Waals surface area contributed by atoms with Crippen LogP contribution in [0.25, 0.3) is 0 Å². The van der Waals surface area contributed by atoms with Crippen LogP contribution in [-0.2, 0) is 0 Å². The third-order valence-corrected chi connectivity index (χ3v) is 2.63. The first kappa shape index (κ1) is 13.7. The number of nitrogen functional groups attached to an aromatic ring is 1. The molecular formula is C13H13FN6. The minimum absolute atomic E-state index is 0.0781. The second-order valence-electron chi connectivity index (χ2n) is 3.90. The number of aromatic nitrogens is 2. The zero-order valence-corrected chi connectivity index (χ0v) is 10.6. The molecule has 7 heteroatoms. The summed E-state index contributed by atoms with van der Waals surface area (Å²) in [7, 11) is 0. The highest BCUT2D eigenvalue weighted by molar-refractivity contribution is 5.61. The predicted octanol–water partition coefficient (Wildman–Crippen LogP) is 1.95. The van der Waals surface area contributed by atoms with E-state index in [-0.39, 0.29) is 18.2 Å². The van der Waals surface area contributed by atoms with E-state index < -0.39 is 5.82 Å². The van der Waals surface area contributed by atoms with Crippen LogP contribution in [0.15, 0.2) is 36.5 Å². The standard InChI is InChI=1S/C13H13FN6/c14-11-9-17-13(19-16)18-12(11)20(8-4-7-15)10-5-2-1-3-6-10/h1-3,5-6,9H,4,8,16H2,(H,17,18,19). The van der Waals surface area contributed by atoms with Crippen LogP contribution >= 0.6 is 0 Å². The van der Waals surface area contributed by atoms with Crippen LogP contribution < -0.4 is 16.2 Å². The van der Waals surface area contributed by atoms with Crippen LogP contribution in [0.4, 0.5) is 21.8 Å². The normalized spacial score (nSPS) is 9.85. The molecule has 1 aromatic heterocycles. The largest absolute Gasteiger partial charge is 0.323 e. The van der Waals surface area contributed by atoms with Gasteiger partial charge in [-0.3, -0.25) is 5.43 Å². The number of rotatable bonds is 5. The Morgan fingerprint density at radius 3 is 2.75 bits per heavy atom. The second kappa shape index (κ2) is 6.45.